The number of hydrogen-bond acceptors (Lipinski definition) is 5. The molecule has 0 fully saturated rings. The third-order valence-electron chi connectivity index (χ3n) is 5.32. The third-order valence-corrected chi connectivity index (χ3v) is 5.32. The van der Waals surface area contributed by atoms with Gasteiger partial charge >= 0.3 is 6.09 Å². The molecule has 0 aliphatic carbocycles. The van der Waals surface area contributed by atoms with Crippen molar-refractivity contribution in [2.24, 2.45) is 0 Å². The lowest BCUT2D eigenvalue weighted by molar-refractivity contribution is -0.142. The molecular weight excluding hydrogens is 446 g/mol. The predicted octanol–water partition coefficient (Wildman–Crippen LogP) is 3.40. The van der Waals surface area contributed by atoms with E-state index in [-0.39, 0.29) is 25.6 Å². The Morgan fingerprint density at radius 3 is 2.29 bits per heavy atom. The van der Waals surface area contributed by atoms with E-state index in [0.29, 0.717) is 5.56 Å². The molecule has 0 bridgehead atoms. The number of ether oxygens (including phenoxy) is 1. The Hall–Kier alpha value is -3.39. The number of hydrogen-bond donors (Lipinski definition) is 3. The van der Waals surface area contributed by atoms with Crippen LogP contribution in [0.1, 0.15) is 56.0 Å². The van der Waals surface area contributed by atoms with Crippen LogP contribution in [0, 0.1) is 13.8 Å². The van der Waals surface area contributed by atoms with Crippen LogP contribution < -0.4 is 10.6 Å². The van der Waals surface area contributed by atoms with E-state index in [1.807, 2.05) is 62.4 Å². The van der Waals surface area contributed by atoms with Crippen molar-refractivity contribution >= 4 is 17.9 Å². The van der Waals surface area contributed by atoms with Crippen molar-refractivity contribution in [2.75, 3.05) is 13.2 Å². The van der Waals surface area contributed by atoms with Gasteiger partial charge in [-0.2, -0.15) is 0 Å². The number of nitrogens with one attached hydrogen (secondary N) is 2. The van der Waals surface area contributed by atoms with E-state index in [0.717, 1.165) is 16.7 Å². The molecule has 35 heavy (non-hydrogen) atoms. The van der Waals surface area contributed by atoms with Crippen LogP contribution in [0.4, 0.5) is 4.79 Å². The number of rotatable bonds is 9. The molecule has 3 N–H and O–H groups in total. The highest BCUT2D eigenvalue weighted by atomic mass is 16.6. The van der Waals surface area contributed by atoms with Crippen LogP contribution in [-0.4, -0.2) is 52.7 Å². The molecule has 0 aromatic heterocycles. The Kier molecular flexibility index (Phi) is 9.83. The lowest BCUT2D eigenvalue weighted by Crippen LogP contribution is -2.52. The first-order chi connectivity index (χ1) is 16.4. The fraction of sp³-hybridized carbons (Fsp3) is 0.444. The van der Waals surface area contributed by atoms with E-state index < -0.39 is 29.7 Å². The molecule has 0 aliphatic rings. The minimum Gasteiger partial charge on any atom is -0.444 e. The van der Waals surface area contributed by atoms with Crippen molar-refractivity contribution < 1.29 is 24.2 Å². The summed E-state index contributed by atoms with van der Waals surface area (Å²) in [6, 6.07) is 13.1. The van der Waals surface area contributed by atoms with Crippen molar-refractivity contribution in [3.05, 3.63) is 70.8 Å². The minimum absolute atomic E-state index is 0.0874. The maximum absolute atomic E-state index is 13.5. The van der Waals surface area contributed by atoms with Crippen LogP contribution in [0.5, 0.6) is 0 Å². The number of benzene rings is 2. The van der Waals surface area contributed by atoms with Crippen LogP contribution in [0.2, 0.25) is 0 Å². The Morgan fingerprint density at radius 1 is 1.06 bits per heavy atom. The number of aryl methyl sites for hydroxylation is 2. The number of aliphatic hydroxyl groups excluding tert-OH is 1. The molecule has 2 aromatic rings. The maximum Gasteiger partial charge on any atom is 0.408 e. The number of alkyl carbamates (subject to hydrolysis) is 1. The molecule has 190 valence electrons. The van der Waals surface area contributed by atoms with Crippen LogP contribution in [0.15, 0.2) is 48.5 Å². The second-order valence-corrected chi connectivity index (χ2v) is 9.59. The summed E-state index contributed by atoms with van der Waals surface area (Å²) in [4.78, 5) is 40.5. The fourth-order valence-corrected chi connectivity index (χ4v) is 3.73. The molecule has 0 aliphatic heterocycles. The molecule has 8 nitrogen and oxygen atoms in total. The van der Waals surface area contributed by atoms with Gasteiger partial charge in [0.05, 0.1) is 6.61 Å². The molecule has 0 spiro atoms. The first-order valence-electron chi connectivity index (χ1n) is 11.7. The fourth-order valence-electron chi connectivity index (χ4n) is 3.73. The summed E-state index contributed by atoms with van der Waals surface area (Å²) in [5.41, 5.74) is 2.70. The minimum atomic E-state index is -0.998. The van der Waals surface area contributed by atoms with Crippen LogP contribution in [0.25, 0.3) is 0 Å². The van der Waals surface area contributed by atoms with Gasteiger partial charge in [-0.15, -0.1) is 0 Å². The Morgan fingerprint density at radius 2 is 1.71 bits per heavy atom. The van der Waals surface area contributed by atoms with E-state index in [1.54, 1.807) is 20.8 Å². The summed E-state index contributed by atoms with van der Waals surface area (Å²) < 4.78 is 5.26. The first-order valence-corrected chi connectivity index (χ1v) is 11.7. The zero-order chi connectivity index (χ0) is 26.2. The molecule has 0 saturated carbocycles. The van der Waals surface area contributed by atoms with E-state index >= 15 is 0 Å². The number of carbonyl (C=O) groups excluding carboxylic acids is 3. The van der Waals surface area contributed by atoms with Gasteiger partial charge in [0.2, 0.25) is 11.8 Å². The molecule has 2 unspecified atom stereocenters. The third kappa shape index (κ3) is 8.40. The van der Waals surface area contributed by atoms with Crippen LogP contribution in [-0.2, 0) is 20.9 Å². The van der Waals surface area contributed by atoms with Gasteiger partial charge < -0.3 is 25.4 Å². The number of nitrogens with zero attached hydrogens (tertiary/aromatic N) is 1. The normalized spacial score (nSPS) is 12.9. The number of amides is 3. The highest BCUT2D eigenvalue weighted by Crippen LogP contribution is 2.26. The van der Waals surface area contributed by atoms with Gasteiger partial charge in [0.25, 0.3) is 0 Å². The number of carbonyl (C=O) groups is 3. The molecule has 0 saturated heterocycles. The zero-order valence-corrected chi connectivity index (χ0v) is 21.4. The second kappa shape index (κ2) is 12.4. The summed E-state index contributed by atoms with van der Waals surface area (Å²) >= 11 is 0. The smallest absolute Gasteiger partial charge is 0.408 e. The SMILES string of the molecule is Cc1ccc(C(C(=O)NCc2ccccc2)N(CCO)C(=O)C(C)NC(=O)OC(C)(C)C)c(C)c1. The molecule has 2 atom stereocenters. The average Bonchev–Trinajstić information content (AvgIpc) is 2.77. The van der Waals surface area contributed by atoms with Gasteiger partial charge in [0, 0.05) is 13.1 Å². The molecule has 3 amide bonds. The maximum atomic E-state index is 13.5. The topological polar surface area (TPSA) is 108 Å². The summed E-state index contributed by atoms with van der Waals surface area (Å²) in [7, 11) is 0. The highest BCUT2D eigenvalue weighted by Gasteiger charge is 2.35. The Bertz CT molecular complexity index is 1020. The molecular formula is C27H37N3O5. The van der Waals surface area contributed by atoms with E-state index in [4.69, 9.17) is 4.74 Å². The van der Waals surface area contributed by atoms with Crippen molar-refractivity contribution in [3.8, 4) is 0 Å². The lowest BCUT2D eigenvalue weighted by Gasteiger charge is -2.34. The van der Waals surface area contributed by atoms with E-state index in [9.17, 15) is 19.5 Å². The van der Waals surface area contributed by atoms with Crippen LogP contribution >= 0.6 is 0 Å². The van der Waals surface area contributed by atoms with E-state index in [1.165, 1.54) is 11.8 Å². The Labute approximate surface area is 207 Å². The standard InChI is InChI=1S/C27H37N3O5/c1-18-12-13-22(19(2)16-18)23(24(32)28-17-21-10-8-7-9-11-21)30(14-15-31)25(33)20(3)29-26(34)35-27(4,5)6/h7-13,16,20,23,31H,14-15,17H2,1-6H3,(H,28,32)(H,29,34). The van der Waals surface area contributed by atoms with Crippen molar-refractivity contribution in [1.29, 1.82) is 0 Å². The second-order valence-electron chi connectivity index (χ2n) is 9.59. The van der Waals surface area contributed by atoms with Gasteiger partial charge in [-0.3, -0.25) is 9.59 Å². The summed E-state index contributed by atoms with van der Waals surface area (Å²) in [5.74, 6) is -0.892. The van der Waals surface area contributed by atoms with E-state index in [2.05, 4.69) is 10.6 Å². The van der Waals surface area contributed by atoms with Gasteiger partial charge in [0.1, 0.15) is 17.7 Å². The van der Waals surface area contributed by atoms with Crippen molar-refractivity contribution in [2.45, 2.75) is 65.8 Å². The van der Waals surface area contributed by atoms with Gasteiger partial charge in [-0.1, -0.05) is 54.1 Å². The molecule has 2 rings (SSSR count). The number of aliphatic hydroxyl groups is 1. The average molecular weight is 484 g/mol. The van der Waals surface area contributed by atoms with Crippen molar-refractivity contribution in [1.82, 2.24) is 15.5 Å². The molecule has 0 radical (unpaired) electrons. The quantitative estimate of drug-likeness (QED) is 0.507. The molecule has 8 heteroatoms. The summed E-state index contributed by atoms with van der Waals surface area (Å²) in [5, 5.41) is 15.2. The summed E-state index contributed by atoms with van der Waals surface area (Å²) in [6.07, 6.45) is -0.737. The van der Waals surface area contributed by atoms with Gasteiger partial charge in [0.15, 0.2) is 0 Å². The van der Waals surface area contributed by atoms with Crippen LogP contribution in [0.3, 0.4) is 0 Å². The monoisotopic (exact) mass is 483 g/mol. The first kappa shape index (κ1) is 27.9. The van der Waals surface area contributed by atoms with Gasteiger partial charge in [-0.25, -0.2) is 4.79 Å². The largest absolute Gasteiger partial charge is 0.444 e. The van der Waals surface area contributed by atoms with Gasteiger partial charge in [-0.05, 0) is 58.2 Å². The summed E-state index contributed by atoms with van der Waals surface area (Å²) in [6.45, 7) is 10.4. The predicted molar refractivity (Wildman–Crippen MR) is 135 cm³/mol. The highest BCUT2D eigenvalue weighted by molar-refractivity contribution is 5.92. The zero-order valence-electron chi connectivity index (χ0n) is 21.4. The molecule has 2 aromatic carbocycles. The Balaban J connectivity index is 2.36. The lowest BCUT2D eigenvalue weighted by atomic mass is 9.96. The molecule has 0 heterocycles. The van der Waals surface area contributed by atoms with Crippen molar-refractivity contribution in [3.63, 3.8) is 0 Å².